The first-order chi connectivity index (χ1) is 14.3. The molecule has 0 aromatic heterocycles. The highest BCUT2D eigenvalue weighted by molar-refractivity contribution is 14.0. The average Bonchev–Trinajstić information content (AvgIpc) is 3.02. The van der Waals surface area contributed by atoms with Gasteiger partial charge in [0.05, 0.1) is 19.3 Å². The van der Waals surface area contributed by atoms with Crippen LogP contribution in [0.4, 0.5) is 5.69 Å². The monoisotopic (exact) mass is 523 g/mol. The van der Waals surface area contributed by atoms with Crippen LogP contribution in [0.5, 0.6) is 11.5 Å². The van der Waals surface area contributed by atoms with Gasteiger partial charge in [0.2, 0.25) is 0 Å². The van der Waals surface area contributed by atoms with E-state index < -0.39 is 0 Å². The Morgan fingerprint density at radius 1 is 1.00 bits per heavy atom. The molecule has 0 radical (unpaired) electrons. The molecule has 0 aliphatic carbocycles. The molecule has 2 heterocycles. The second-order valence-electron chi connectivity index (χ2n) is 7.39. The maximum atomic E-state index is 6.10. The number of fused-ring (bicyclic) bond motifs is 1. The summed E-state index contributed by atoms with van der Waals surface area (Å²) in [6.07, 6.45) is 3.23. The normalized spacial score (nSPS) is 21.2. The Bertz CT molecular complexity index is 832. The van der Waals surface area contributed by atoms with Crippen LogP contribution in [0.25, 0.3) is 0 Å². The molecule has 7 heteroatoms. The van der Waals surface area contributed by atoms with Crippen LogP contribution < -0.4 is 20.1 Å². The van der Waals surface area contributed by atoms with Gasteiger partial charge in [-0.25, -0.2) is 0 Å². The summed E-state index contributed by atoms with van der Waals surface area (Å²) in [5.41, 5.74) is 2.16. The van der Waals surface area contributed by atoms with Crippen molar-refractivity contribution in [3.63, 3.8) is 0 Å². The second kappa shape index (κ2) is 11.4. The van der Waals surface area contributed by atoms with Gasteiger partial charge in [-0.05, 0) is 30.5 Å². The van der Waals surface area contributed by atoms with Crippen LogP contribution in [0.15, 0.2) is 53.5 Å². The number of guanidine groups is 1. The Labute approximate surface area is 195 Å². The van der Waals surface area contributed by atoms with Crippen molar-refractivity contribution < 1.29 is 14.2 Å². The minimum Gasteiger partial charge on any atom is -0.490 e. The third kappa shape index (κ3) is 5.78. The molecule has 30 heavy (non-hydrogen) atoms. The summed E-state index contributed by atoms with van der Waals surface area (Å²) in [4.78, 5) is 4.38. The number of benzene rings is 2. The van der Waals surface area contributed by atoms with E-state index in [-0.39, 0.29) is 30.1 Å². The number of rotatable bonds is 4. The Morgan fingerprint density at radius 2 is 1.80 bits per heavy atom. The highest BCUT2D eigenvalue weighted by atomic mass is 127. The van der Waals surface area contributed by atoms with Gasteiger partial charge in [-0.2, -0.15) is 0 Å². The quantitative estimate of drug-likeness (QED) is 0.348. The summed E-state index contributed by atoms with van der Waals surface area (Å²) in [7, 11) is 1.78. The van der Waals surface area contributed by atoms with Crippen molar-refractivity contribution in [1.29, 1.82) is 0 Å². The van der Waals surface area contributed by atoms with E-state index in [1.54, 1.807) is 7.05 Å². The van der Waals surface area contributed by atoms with Crippen molar-refractivity contribution in [2.24, 2.45) is 10.9 Å². The molecule has 2 aliphatic rings. The number of hydrogen-bond donors (Lipinski definition) is 2. The second-order valence-corrected chi connectivity index (χ2v) is 7.39. The fourth-order valence-electron chi connectivity index (χ4n) is 3.85. The lowest BCUT2D eigenvalue weighted by Gasteiger charge is -2.32. The van der Waals surface area contributed by atoms with Gasteiger partial charge in [-0.15, -0.1) is 24.0 Å². The molecule has 2 N–H and O–H groups in total. The molecule has 4 rings (SSSR count). The van der Waals surface area contributed by atoms with Crippen LogP contribution in [0.3, 0.4) is 0 Å². The van der Waals surface area contributed by atoms with Gasteiger partial charge in [0.15, 0.2) is 17.5 Å². The standard InChI is InChI=1S/C23H29N3O3.HI/c1-24-23(26-19-10-11-20-21(15-19)28-14-6-13-27-20)25-16-18-9-5-12-29-22(18)17-7-3-2-4-8-17;/h2-4,7-8,10-11,15,18,22H,5-6,9,12-14,16H2,1H3,(H2,24,25,26);1H. The molecule has 2 aliphatic heterocycles. The Morgan fingerprint density at radius 3 is 2.60 bits per heavy atom. The van der Waals surface area contributed by atoms with Gasteiger partial charge in [-0.3, -0.25) is 4.99 Å². The summed E-state index contributed by atoms with van der Waals surface area (Å²) in [5, 5.41) is 6.82. The highest BCUT2D eigenvalue weighted by Crippen LogP contribution is 2.34. The van der Waals surface area contributed by atoms with E-state index >= 15 is 0 Å². The van der Waals surface area contributed by atoms with Crippen LogP contribution in [0.1, 0.15) is 30.9 Å². The Balaban J connectivity index is 0.00000256. The molecule has 0 spiro atoms. The van der Waals surface area contributed by atoms with E-state index in [2.05, 4.69) is 39.9 Å². The SMILES string of the molecule is CN=C(NCC1CCCOC1c1ccccc1)Nc1ccc2c(c1)OCCCO2.I. The van der Waals surface area contributed by atoms with Crippen molar-refractivity contribution in [2.45, 2.75) is 25.4 Å². The first kappa shape index (κ1) is 22.7. The van der Waals surface area contributed by atoms with Gasteiger partial charge in [0.1, 0.15) is 0 Å². The van der Waals surface area contributed by atoms with E-state index in [4.69, 9.17) is 14.2 Å². The molecule has 2 aromatic rings. The molecule has 2 unspecified atom stereocenters. The van der Waals surface area contributed by atoms with Gasteiger partial charge >= 0.3 is 0 Å². The van der Waals surface area contributed by atoms with Crippen LogP contribution >= 0.6 is 24.0 Å². The van der Waals surface area contributed by atoms with Gasteiger partial charge in [0.25, 0.3) is 0 Å². The van der Waals surface area contributed by atoms with Crippen LogP contribution in [0.2, 0.25) is 0 Å². The minimum atomic E-state index is 0. The third-order valence-corrected chi connectivity index (χ3v) is 5.34. The number of hydrogen-bond acceptors (Lipinski definition) is 4. The highest BCUT2D eigenvalue weighted by Gasteiger charge is 2.27. The summed E-state index contributed by atoms with van der Waals surface area (Å²) < 4.78 is 17.6. The summed E-state index contributed by atoms with van der Waals surface area (Å²) in [6, 6.07) is 16.4. The van der Waals surface area contributed by atoms with Crippen molar-refractivity contribution in [3.05, 3.63) is 54.1 Å². The molecular formula is C23H30IN3O3. The minimum absolute atomic E-state index is 0. The lowest BCUT2D eigenvalue weighted by molar-refractivity contribution is -0.0264. The van der Waals surface area contributed by atoms with Crippen LogP contribution in [0, 0.1) is 5.92 Å². The van der Waals surface area contributed by atoms with Crippen molar-refractivity contribution in [3.8, 4) is 11.5 Å². The van der Waals surface area contributed by atoms with E-state index in [0.29, 0.717) is 19.1 Å². The maximum Gasteiger partial charge on any atom is 0.195 e. The third-order valence-electron chi connectivity index (χ3n) is 5.34. The Hall–Kier alpha value is -2.00. The molecule has 1 saturated heterocycles. The molecule has 0 bridgehead atoms. The molecule has 0 saturated carbocycles. The van der Waals surface area contributed by atoms with Gasteiger partial charge in [0, 0.05) is 44.3 Å². The first-order valence-corrected chi connectivity index (χ1v) is 10.4. The first-order valence-electron chi connectivity index (χ1n) is 10.4. The summed E-state index contributed by atoms with van der Waals surface area (Å²) in [5.74, 6) is 2.69. The number of nitrogens with one attached hydrogen (secondary N) is 2. The fraction of sp³-hybridized carbons (Fsp3) is 0.435. The van der Waals surface area contributed by atoms with Gasteiger partial charge in [-0.1, -0.05) is 30.3 Å². The molecule has 162 valence electrons. The van der Waals surface area contributed by atoms with Gasteiger partial charge < -0.3 is 24.8 Å². The summed E-state index contributed by atoms with van der Waals surface area (Å²) in [6.45, 7) is 2.98. The van der Waals surface area contributed by atoms with E-state index in [1.807, 2.05) is 24.3 Å². The van der Waals surface area contributed by atoms with Crippen LogP contribution in [-0.2, 0) is 4.74 Å². The molecule has 2 atom stereocenters. The molecule has 1 fully saturated rings. The zero-order chi connectivity index (χ0) is 19.9. The summed E-state index contributed by atoms with van der Waals surface area (Å²) >= 11 is 0. The lowest BCUT2D eigenvalue weighted by Crippen LogP contribution is -2.38. The largest absolute Gasteiger partial charge is 0.490 e. The fourth-order valence-corrected chi connectivity index (χ4v) is 3.85. The lowest BCUT2D eigenvalue weighted by atomic mass is 9.89. The molecule has 6 nitrogen and oxygen atoms in total. The van der Waals surface area contributed by atoms with Crippen LogP contribution in [-0.4, -0.2) is 39.4 Å². The number of anilines is 1. The zero-order valence-corrected chi connectivity index (χ0v) is 19.6. The number of nitrogens with zero attached hydrogens (tertiary/aromatic N) is 1. The maximum absolute atomic E-state index is 6.10. The molecular weight excluding hydrogens is 493 g/mol. The van der Waals surface area contributed by atoms with Crippen molar-refractivity contribution in [1.82, 2.24) is 5.32 Å². The van der Waals surface area contributed by atoms with E-state index in [1.165, 1.54) is 5.56 Å². The number of ether oxygens (including phenoxy) is 3. The van der Waals surface area contributed by atoms with E-state index in [9.17, 15) is 0 Å². The van der Waals surface area contributed by atoms with Crippen molar-refractivity contribution >= 4 is 35.6 Å². The topological polar surface area (TPSA) is 64.1 Å². The number of halogens is 1. The van der Waals surface area contributed by atoms with E-state index in [0.717, 1.165) is 55.6 Å². The molecule has 0 amide bonds. The smallest absolute Gasteiger partial charge is 0.195 e. The van der Waals surface area contributed by atoms with Crippen molar-refractivity contribution in [2.75, 3.05) is 38.7 Å². The number of aliphatic imine (C=N–C) groups is 1. The average molecular weight is 523 g/mol. The predicted molar refractivity (Wildman–Crippen MR) is 130 cm³/mol. The zero-order valence-electron chi connectivity index (χ0n) is 17.3. The Kier molecular flexibility index (Phi) is 8.62. The molecule has 2 aromatic carbocycles. The predicted octanol–water partition coefficient (Wildman–Crippen LogP) is 4.62.